The first-order chi connectivity index (χ1) is 15.4. The van der Waals surface area contributed by atoms with Crippen LogP contribution in [0.3, 0.4) is 0 Å². The molecule has 0 radical (unpaired) electrons. The van der Waals surface area contributed by atoms with Crippen molar-refractivity contribution in [3.05, 3.63) is 11.6 Å². The van der Waals surface area contributed by atoms with Gasteiger partial charge in [-0.1, -0.05) is 40.7 Å². The summed E-state index contributed by atoms with van der Waals surface area (Å²) < 4.78 is 0. The van der Waals surface area contributed by atoms with Crippen LogP contribution in [0, 0.1) is 50.7 Å². The lowest BCUT2D eigenvalue weighted by atomic mass is 9.41. The summed E-state index contributed by atoms with van der Waals surface area (Å²) in [6, 6.07) is 0. The van der Waals surface area contributed by atoms with E-state index in [4.69, 9.17) is 0 Å². The maximum Gasteiger partial charge on any atom is 0.330 e. The van der Waals surface area contributed by atoms with Gasteiger partial charge in [0.2, 0.25) is 0 Å². The molecule has 0 amide bonds. The summed E-state index contributed by atoms with van der Waals surface area (Å²) in [7, 11) is 0. The molecule has 0 aromatic carbocycles. The maximum atomic E-state index is 11.2. The number of carboxylic acids is 1. The number of carboxylic acid groups (broad SMARTS) is 1. The molecule has 33 heavy (non-hydrogen) atoms. The number of rotatable bonds is 5. The van der Waals surface area contributed by atoms with Gasteiger partial charge in [0, 0.05) is 5.57 Å². The zero-order chi connectivity index (χ0) is 24.0. The number of aliphatic hydroxyl groups is 1. The fourth-order valence-corrected chi connectivity index (χ4v) is 11.2. The Hall–Kier alpha value is -0.830. The highest BCUT2D eigenvalue weighted by Gasteiger charge is 2.82. The highest BCUT2D eigenvalue weighted by Crippen LogP contribution is 2.89. The van der Waals surface area contributed by atoms with Crippen molar-refractivity contribution in [2.75, 3.05) is 0 Å². The maximum absolute atomic E-state index is 11.2. The van der Waals surface area contributed by atoms with Crippen LogP contribution < -0.4 is 0 Å². The lowest BCUT2D eigenvalue weighted by molar-refractivity contribution is -0.161. The number of fused-ring (bicyclic) bond motifs is 2. The van der Waals surface area contributed by atoms with E-state index in [0.29, 0.717) is 39.1 Å². The number of aliphatic carboxylic acids is 1. The van der Waals surface area contributed by atoms with Crippen LogP contribution in [-0.4, -0.2) is 22.3 Å². The number of aliphatic hydroxyl groups excluding tert-OH is 1. The van der Waals surface area contributed by atoms with Crippen LogP contribution >= 0.6 is 0 Å². The molecule has 0 aliphatic heterocycles. The highest BCUT2D eigenvalue weighted by atomic mass is 16.4. The van der Waals surface area contributed by atoms with Crippen LogP contribution in [0.25, 0.3) is 0 Å². The Morgan fingerprint density at radius 2 is 1.61 bits per heavy atom. The van der Waals surface area contributed by atoms with Gasteiger partial charge in [-0.25, -0.2) is 4.79 Å². The first-order valence-corrected chi connectivity index (χ1v) is 13.9. The molecule has 2 spiro atoms. The molecule has 3 heteroatoms. The number of hydrogen-bond acceptors (Lipinski definition) is 2. The zero-order valence-electron chi connectivity index (χ0n) is 22.0. The lowest BCUT2D eigenvalue weighted by Gasteiger charge is -2.63. The highest BCUT2D eigenvalue weighted by molar-refractivity contribution is 5.85. The molecule has 186 valence electrons. The molecule has 5 aliphatic rings. The SMILES string of the molecule is C/C(=C\CCC(C)[C@H]1CC[C@@]2(C)[C@@H]3CC[C@H]4C(C)(C)[C@@H](O)CC[C@@]45C[C@@]35CC[C@]12C)C(=O)O. The fourth-order valence-electron chi connectivity index (χ4n) is 11.2. The van der Waals surface area contributed by atoms with E-state index in [1.807, 2.05) is 6.08 Å². The van der Waals surface area contributed by atoms with Gasteiger partial charge in [0.25, 0.3) is 0 Å². The molecule has 0 saturated heterocycles. The minimum Gasteiger partial charge on any atom is -0.478 e. The molecular weight excluding hydrogens is 408 g/mol. The monoisotopic (exact) mass is 456 g/mol. The van der Waals surface area contributed by atoms with E-state index in [9.17, 15) is 15.0 Å². The van der Waals surface area contributed by atoms with Gasteiger partial charge in [-0.2, -0.15) is 0 Å². The van der Waals surface area contributed by atoms with Crippen molar-refractivity contribution < 1.29 is 15.0 Å². The molecule has 0 aromatic rings. The molecule has 0 aromatic heterocycles. The van der Waals surface area contributed by atoms with Crippen molar-refractivity contribution in [1.29, 1.82) is 0 Å². The Kier molecular flexibility index (Phi) is 5.31. The van der Waals surface area contributed by atoms with Gasteiger partial charge in [-0.05, 0) is 128 Å². The first kappa shape index (κ1) is 23.9. The average molecular weight is 457 g/mol. The second kappa shape index (κ2) is 7.34. The molecule has 5 saturated carbocycles. The summed E-state index contributed by atoms with van der Waals surface area (Å²) in [6.45, 7) is 14.2. The molecule has 1 unspecified atom stereocenters. The molecule has 5 aliphatic carbocycles. The van der Waals surface area contributed by atoms with Gasteiger partial charge < -0.3 is 10.2 Å². The largest absolute Gasteiger partial charge is 0.478 e. The third-order valence-corrected chi connectivity index (χ3v) is 13.3. The molecule has 0 bridgehead atoms. The Morgan fingerprint density at radius 3 is 2.30 bits per heavy atom. The van der Waals surface area contributed by atoms with E-state index in [-0.39, 0.29) is 11.5 Å². The predicted octanol–water partition coefficient (Wildman–Crippen LogP) is 7.23. The van der Waals surface area contributed by atoms with Gasteiger partial charge in [0.15, 0.2) is 0 Å². The Bertz CT molecular complexity index is 859. The van der Waals surface area contributed by atoms with E-state index in [1.165, 1.54) is 51.4 Å². The number of allylic oxidation sites excluding steroid dienone is 1. The Balaban J connectivity index is 1.37. The summed E-state index contributed by atoms with van der Waals surface area (Å²) in [5.41, 5.74) is 2.48. The van der Waals surface area contributed by atoms with Crippen molar-refractivity contribution in [3.63, 3.8) is 0 Å². The van der Waals surface area contributed by atoms with Crippen LogP contribution in [0.1, 0.15) is 112 Å². The summed E-state index contributed by atoms with van der Waals surface area (Å²) in [5.74, 6) is 2.19. The van der Waals surface area contributed by atoms with Gasteiger partial charge in [-0.3, -0.25) is 0 Å². The molecule has 0 heterocycles. The minimum atomic E-state index is -0.784. The third-order valence-electron chi connectivity index (χ3n) is 13.3. The molecule has 5 rings (SSSR count). The van der Waals surface area contributed by atoms with Crippen LogP contribution in [0.5, 0.6) is 0 Å². The van der Waals surface area contributed by atoms with Crippen molar-refractivity contribution in [2.45, 2.75) is 118 Å². The standard InChI is InChI=1S/C30H48O3/c1-19(8-7-9-20(2)25(32)33)21-12-14-28(6)23-11-10-22-26(3,4)24(31)13-15-29(22)18-30(23,29)17-16-27(21,28)5/h9,19,21-24,31H,7-8,10-18H2,1-6H3,(H,32,33)/b20-9+/t19?,21-,22+,23+,24+,27-,28+,29-,30+/m1/s1. The summed E-state index contributed by atoms with van der Waals surface area (Å²) >= 11 is 0. The van der Waals surface area contributed by atoms with E-state index < -0.39 is 5.97 Å². The van der Waals surface area contributed by atoms with Gasteiger partial charge in [0.05, 0.1) is 6.10 Å². The Morgan fingerprint density at radius 1 is 0.939 bits per heavy atom. The second-order valence-corrected chi connectivity index (χ2v) is 14.3. The van der Waals surface area contributed by atoms with Crippen molar-refractivity contribution in [3.8, 4) is 0 Å². The summed E-state index contributed by atoms with van der Waals surface area (Å²) in [4.78, 5) is 11.2. The third kappa shape index (κ3) is 2.93. The topological polar surface area (TPSA) is 57.5 Å². The van der Waals surface area contributed by atoms with Crippen LogP contribution in [0.15, 0.2) is 11.6 Å². The number of carbonyl (C=O) groups is 1. The van der Waals surface area contributed by atoms with Gasteiger partial charge in [0.1, 0.15) is 0 Å². The van der Waals surface area contributed by atoms with Crippen LogP contribution in [0.2, 0.25) is 0 Å². The number of hydrogen-bond donors (Lipinski definition) is 2. The quantitative estimate of drug-likeness (QED) is 0.429. The minimum absolute atomic E-state index is 0.0721. The Labute approximate surface area is 201 Å². The van der Waals surface area contributed by atoms with Crippen LogP contribution in [0.4, 0.5) is 0 Å². The normalized spacial score (nSPS) is 51.1. The van der Waals surface area contributed by atoms with E-state index in [2.05, 4.69) is 34.6 Å². The molecule has 2 N–H and O–H groups in total. The molecule has 9 atom stereocenters. The van der Waals surface area contributed by atoms with E-state index >= 15 is 0 Å². The average Bonchev–Trinajstić information content (AvgIpc) is 3.33. The predicted molar refractivity (Wildman–Crippen MR) is 133 cm³/mol. The van der Waals surface area contributed by atoms with Crippen LogP contribution in [-0.2, 0) is 4.79 Å². The second-order valence-electron chi connectivity index (χ2n) is 14.3. The van der Waals surface area contributed by atoms with Gasteiger partial charge in [-0.15, -0.1) is 0 Å². The summed E-state index contributed by atoms with van der Waals surface area (Å²) in [6.07, 6.45) is 15.7. The van der Waals surface area contributed by atoms with E-state index in [1.54, 1.807) is 6.92 Å². The first-order valence-electron chi connectivity index (χ1n) is 13.9. The molecule has 3 nitrogen and oxygen atoms in total. The van der Waals surface area contributed by atoms with Gasteiger partial charge >= 0.3 is 5.97 Å². The zero-order valence-corrected chi connectivity index (χ0v) is 22.0. The van der Waals surface area contributed by atoms with Crippen molar-refractivity contribution in [2.24, 2.45) is 50.7 Å². The smallest absolute Gasteiger partial charge is 0.330 e. The van der Waals surface area contributed by atoms with E-state index in [0.717, 1.165) is 31.1 Å². The fraction of sp³-hybridized carbons (Fsp3) is 0.900. The molecular formula is C30H48O3. The lowest BCUT2D eigenvalue weighted by Crippen LogP contribution is -2.57. The van der Waals surface area contributed by atoms with Crippen molar-refractivity contribution in [1.82, 2.24) is 0 Å². The van der Waals surface area contributed by atoms with Crippen molar-refractivity contribution >= 4 is 5.97 Å². The summed E-state index contributed by atoms with van der Waals surface area (Å²) in [5, 5.41) is 20.0. The molecule has 5 fully saturated rings.